The Kier molecular flexibility index (Phi) is 5.62. The zero-order valence-corrected chi connectivity index (χ0v) is 10.7. The normalized spacial score (nSPS) is 10.3. The Morgan fingerprint density at radius 2 is 2.07 bits per heavy atom. The van der Waals surface area contributed by atoms with E-state index in [9.17, 15) is 0 Å². The van der Waals surface area contributed by atoms with Gasteiger partial charge in [0.05, 0.1) is 6.61 Å². The Bertz CT molecular complexity index is 297. The quantitative estimate of drug-likeness (QED) is 0.526. The minimum absolute atomic E-state index is 0.838. The van der Waals surface area contributed by atoms with Crippen molar-refractivity contribution < 1.29 is 4.74 Å². The highest BCUT2D eigenvalue weighted by atomic mass is 32.2. The summed E-state index contributed by atoms with van der Waals surface area (Å²) >= 11 is 1.75. The fraction of sp³-hybridized carbons (Fsp3) is 0.538. The summed E-state index contributed by atoms with van der Waals surface area (Å²) in [5.74, 6) is 1.03. The smallest absolute Gasteiger partial charge is 0.132 e. The molecule has 0 amide bonds. The van der Waals surface area contributed by atoms with E-state index in [1.807, 2.05) is 0 Å². The van der Waals surface area contributed by atoms with Crippen molar-refractivity contribution in [1.82, 2.24) is 0 Å². The standard InChI is InChI=1S/C13H20OS/c1-4-5-6-9-14-12-8-7-11(2)10-13(12)15-3/h7-8,10H,4-6,9H2,1-3H3. The molecule has 1 rings (SSSR count). The van der Waals surface area contributed by atoms with Gasteiger partial charge in [0.2, 0.25) is 0 Å². The molecule has 0 spiro atoms. The van der Waals surface area contributed by atoms with Crippen molar-refractivity contribution in [2.24, 2.45) is 0 Å². The molecule has 0 bridgehead atoms. The van der Waals surface area contributed by atoms with Crippen LogP contribution in [-0.4, -0.2) is 12.9 Å². The molecule has 0 fully saturated rings. The second-order valence-corrected chi connectivity index (χ2v) is 4.56. The van der Waals surface area contributed by atoms with Gasteiger partial charge >= 0.3 is 0 Å². The Hall–Kier alpha value is -0.630. The minimum Gasteiger partial charge on any atom is -0.492 e. The lowest BCUT2D eigenvalue weighted by Gasteiger charge is -2.10. The van der Waals surface area contributed by atoms with E-state index in [0.29, 0.717) is 0 Å². The van der Waals surface area contributed by atoms with Crippen LogP contribution in [0.5, 0.6) is 5.75 Å². The molecule has 0 aliphatic rings. The molecule has 0 atom stereocenters. The molecule has 0 N–H and O–H groups in total. The number of unbranched alkanes of at least 4 members (excludes halogenated alkanes) is 2. The second kappa shape index (κ2) is 6.78. The fourth-order valence-electron chi connectivity index (χ4n) is 1.43. The lowest BCUT2D eigenvalue weighted by Crippen LogP contribution is -1.98. The summed E-state index contributed by atoms with van der Waals surface area (Å²) in [7, 11) is 0. The van der Waals surface area contributed by atoms with Crippen molar-refractivity contribution in [2.45, 2.75) is 38.0 Å². The van der Waals surface area contributed by atoms with Gasteiger partial charge < -0.3 is 4.74 Å². The van der Waals surface area contributed by atoms with Crippen LogP contribution in [0.2, 0.25) is 0 Å². The molecular formula is C13H20OS. The summed E-state index contributed by atoms with van der Waals surface area (Å²) in [6.07, 6.45) is 5.74. The van der Waals surface area contributed by atoms with E-state index >= 15 is 0 Å². The number of ether oxygens (including phenoxy) is 1. The van der Waals surface area contributed by atoms with Crippen molar-refractivity contribution >= 4 is 11.8 Å². The molecule has 0 saturated heterocycles. The second-order valence-electron chi connectivity index (χ2n) is 3.71. The third kappa shape index (κ3) is 4.17. The fourth-order valence-corrected chi connectivity index (χ4v) is 2.06. The molecule has 0 aliphatic heterocycles. The summed E-state index contributed by atoms with van der Waals surface area (Å²) in [4.78, 5) is 1.24. The van der Waals surface area contributed by atoms with Gasteiger partial charge in [-0.05, 0) is 37.3 Å². The SMILES string of the molecule is CCCCCOc1ccc(C)cc1SC. The molecule has 0 radical (unpaired) electrons. The Balaban J connectivity index is 2.52. The van der Waals surface area contributed by atoms with Gasteiger partial charge in [-0.15, -0.1) is 11.8 Å². The topological polar surface area (TPSA) is 9.23 Å². The van der Waals surface area contributed by atoms with Crippen LogP contribution < -0.4 is 4.74 Å². The highest BCUT2D eigenvalue weighted by molar-refractivity contribution is 7.98. The molecular weight excluding hydrogens is 204 g/mol. The number of rotatable bonds is 6. The summed E-state index contributed by atoms with van der Waals surface area (Å²) in [6, 6.07) is 6.36. The molecule has 1 nitrogen and oxygen atoms in total. The van der Waals surface area contributed by atoms with E-state index in [4.69, 9.17) is 4.74 Å². The highest BCUT2D eigenvalue weighted by Crippen LogP contribution is 2.28. The van der Waals surface area contributed by atoms with Crippen LogP contribution >= 0.6 is 11.8 Å². The van der Waals surface area contributed by atoms with Crippen molar-refractivity contribution in [3.05, 3.63) is 23.8 Å². The van der Waals surface area contributed by atoms with E-state index in [2.05, 4.69) is 38.3 Å². The summed E-state index contributed by atoms with van der Waals surface area (Å²) in [6.45, 7) is 5.16. The maximum atomic E-state index is 5.76. The van der Waals surface area contributed by atoms with Crippen LogP contribution in [0.4, 0.5) is 0 Å². The monoisotopic (exact) mass is 224 g/mol. The maximum Gasteiger partial charge on any atom is 0.132 e. The largest absolute Gasteiger partial charge is 0.492 e. The zero-order chi connectivity index (χ0) is 11.1. The van der Waals surface area contributed by atoms with Crippen LogP contribution in [0.15, 0.2) is 23.1 Å². The molecule has 1 aromatic carbocycles. The van der Waals surface area contributed by atoms with Crippen molar-refractivity contribution in [2.75, 3.05) is 12.9 Å². The summed E-state index contributed by atoms with van der Waals surface area (Å²) in [5, 5.41) is 0. The molecule has 1 aromatic rings. The van der Waals surface area contributed by atoms with Crippen molar-refractivity contribution in [3.8, 4) is 5.75 Å². The van der Waals surface area contributed by atoms with E-state index in [1.165, 1.54) is 23.3 Å². The summed E-state index contributed by atoms with van der Waals surface area (Å²) < 4.78 is 5.76. The molecule has 84 valence electrons. The van der Waals surface area contributed by atoms with Crippen LogP contribution in [0, 0.1) is 6.92 Å². The van der Waals surface area contributed by atoms with Gasteiger partial charge in [0.15, 0.2) is 0 Å². The van der Waals surface area contributed by atoms with Gasteiger partial charge in [-0.1, -0.05) is 25.8 Å². The van der Waals surface area contributed by atoms with Crippen LogP contribution in [0.3, 0.4) is 0 Å². The summed E-state index contributed by atoms with van der Waals surface area (Å²) in [5.41, 5.74) is 1.29. The van der Waals surface area contributed by atoms with Gasteiger partial charge in [0.1, 0.15) is 5.75 Å². The van der Waals surface area contributed by atoms with Gasteiger partial charge in [0.25, 0.3) is 0 Å². The van der Waals surface area contributed by atoms with Crippen LogP contribution in [0.1, 0.15) is 31.7 Å². The first-order valence-electron chi connectivity index (χ1n) is 5.55. The van der Waals surface area contributed by atoms with Gasteiger partial charge in [-0.3, -0.25) is 0 Å². The van der Waals surface area contributed by atoms with E-state index in [-0.39, 0.29) is 0 Å². The van der Waals surface area contributed by atoms with E-state index in [0.717, 1.165) is 18.8 Å². The zero-order valence-electron chi connectivity index (χ0n) is 9.88. The van der Waals surface area contributed by atoms with Gasteiger partial charge in [0, 0.05) is 4.90 Å². The van der Waals surface area contributed by atoms with Crippen molar-refractivity contribution in [3.63, 3.8) is 0 Å². The average molecular weight is 224 g/mol. The molecule has 0 heterocycles. The molecule has 0 unspecified atom stereocenters. The average Bonchev–Trinajstić information content (AvgIpc) is 2.26. The van der Waals surface area contributed by atoms with Crippen LogP contribution in [0.25, 0.3) is 0 Å². The van der Waals surface area contributed by atoms with Gasteiger partial charge in [-0.2, -0.15) is 0 Å². The van der Waals surface area contributed by atoms with Crippen LogP contribution in [-0.2, 0) is 0 Å². The number of hydrogen-bond donors (Lipinski definition) is 0. The number of benzene rings is 1. The lowest BCUT2D eigenvalue weighted by atomic mass is 10.2. The third-order valence-electron chi connectivity index (χ3n) is 2.32. The molecule has 0 aliphatic carbocycles. The van der Waals surface area contributed by atoms with E-state index < -0.39 is 0 Å². The number of hydrogen-bond acceptors (Lipinski definition) is 2. The first-order valence-corrected chi connectivity index (χ1v) is 6.78. The van der Waals surface area contributed by atoms with E-state index in [1.54, 1.807) is 11.8 Å². The first kappa shape index (κ1) is 12.4. The maximum absolute atomic E-state index is 5.76. The predicted molar refractivity (Wildman–Crippen MR) is 68.0 cm³/mol. The Labute approximate surface area is 97.2 Å². The van der Waals surface area contributed by atoms with Crippen molar-refractivity contribution in [1.29, 1.82) is 0 Å². The molecule has 15 heavy (non-hydrogen) atoms. The number of aryl methyl sites for hydroxylation is 1. The van der Waals surface area contributed by atoms with Gasteiger partial charge in [-0.25, -0.2) is 0 Å². The first-order chi connectivity index (χ1) is 7.27. The lowest BCUT2D eigenvalue weighted by molar-refractivity contribution is 0.299. The number of thioether (sulfide) groups is 1. The molecule has 2 heteroatoms. The molecule has 0 saturated carbocycles. The predicted octanol–water partition coefficient (Wildman–Crippen LogP) is 4.29. The molecule has 0 aromatic heterocycles. The minimum atomic E-state index is 0.838. The Morgan fingerprint density at radius 3 is 2.73 bits per heavy atom. The Morgan fingerprint density at radius 1 is 1.27 bits per heavy atom. The highest BCUT2D eigenvalue weighted by Gasteiger charge is 2.02. The third-order valence-corrected chi connectivity index (χ3v) is 3.08.